The van der Waals surface area contributed by atoms with Crippen molar-refractivity contribution in [3.05, 3.63) is 28.8 Å². The SMILES string of the molecule is CCCNC(CC)C(=O)Nc1c(C)cccc1Cl. The molecule has 0 radical (unpaired) electrons. The standard InChI is InChI=1S/C14H21ClN2O/c1-4-9-16-12(5-2)14(18)17-13-10(3)7-6-8-11(13)15/h6-8,12,16H,4-5,9H2,1-3H3,(H,17,18). The summed E-state index contributed by atoms with van der Waals surface area (Å²) >= 11 is 6.09. The summed E-state index contributed by atoms with van der Waals surface area (Å²) in [6, 6.07) is 5.42. The van der Waals surface area contributed by atoms with E-state index in [1.54, 1.807) is 6.07 Å². The van der Waals surface area contributed by atoms with Crippen LogP contribution in [-0.2, 0) is 4.79 Å². The van der Waals surface area contributed by atoms with E-state index in [-0.39, 0.29) is 11.9 Å². The van der Waals surface area contributed by atoms with Gasteiger partial charge in [-0.05, 0) is 37.9 Å². The lowest BCUT2D eigenvalue weighted by atomic mass is 10.1. The van der Waals surface area contributed by atoms with Gasteiger partial charge in [-0.2, -0.15) is 0 Å². The van der Waals surface area contributed by atoms with Crippen LogP contribution in [0.5, 0.6) is 0 Å². The van der Waals surface area contributed by atoms with Gasteiger partial charge in [0.15, 0.2) is 0 Å². The molecule has 1 aromatic carbocycles. The highest BCUT2D eigenvalue weighted by atomic mass is 35.5. The van der Waals surface area contributed by atoms with Crippen LogP contribution in [-0.4, -0.2) is 18.5 Å². The van der Waals surface area contributed by atoms with Crippen LogP contribution in [0.2, 0.25) is 5.02 Å². The van der Waals surface area contributed by atoms with Crippen LogP contribution in [0, 0.1) is 6.92 Å². The number of hydrogen-bond donors (Lipinski definition) is 2. The topological polar surface area (TPSA) is 41.1 Å². The minimum Gasteiger partial charge on any atom is -0.323 e. The number of para-hydroxylation sites is 1. The Morgan fingerprint density at radius 1 is 1.39 bits per heavy atom. The lowest BCUT2D eigenvalue weighted by Crippen LogP contribution is -2.40. The quantitative estimate of drug-likeness (QED) is 0.831. The summed E-state index contributed by atoms with van der Waals surface area (Å²) in [6.07, 6.45) is 1.77. The zero-order valence-corrected chi connectivity index (χ0v) is 12.0. The Morgan fingerprint density at radius 2 is 2.11 bits per heavy atom. The summed E-state index contributed by atoms with van der Waals surface area (Å²) in [5.74, 6) is -0.0258. The molecular weight excluding hydrogens is 248 g/mol. The number of anilines is 1. The van der Waals surface area contributed by atoms with Gasteiger partial charge in [0, 0.05) is 0 Å². The highest BCUT2D eigenvalue weighted by Crippen LogP contribution is 2.25. The fourth-order valence-electron chi connectivity index (χ4n) is 1.74. The van der Waals surface area contributed by atoms with Crippen molar-refractivity contribution in [3.63, 3.8) is 0 Å². The van der Waals surface area contributed by atoms with E-state index >= 15 is 0 Å². The predicted octanol–water partition coefficient (Wildman–Crippen LogP) is 3.37. The first kappa shape index (κ1) is 15.0. The number of amides is 1. The third-order valence-corrected chi connectivity index (χ3v) is 3.15. The van der Waals surface area contributed by atoms with Crippen LogP contribution in [0.3, 0.4) is 0 Å². The average Bonchev–Trinajstić information content (AvgIpc) is 2.35. The molecule has 0 aliphatic heterocycles. The number of hydrogen-bond acceptors (Lipinski definition) is 2. The molecular formula is C14H21ClN2O. The molecule has 0 heterocycles. The first-order valence-corrected chi connectivity index (χ1v) is 6.77. The van der Waals surface area contributed by atoms with E-state index in [2.05, 4.69) is 17.6 Å². The summed E-state index contributed by atoms with van der Waals surface area (Å²) in [4.78, 5) is 12.1. The van der Waals surface area contributed by atoms with Crippen molar-refractivity contribution < 1.29 is 4.79 Å². The summed E-state index contributed by atoms with van der Waals surface area (Å²) in [6.45, 7) is 6.84. The molecule has 1 atom stereocenters. The highest BCUT2D eigenvalue weighted by molar-refractivity contribution is 6.34. The number of aryl methyl sites for hydroxylation is 1. The Balaban J connectivity index is 2.73. The Hall–Kier alpha value is -1.06. The van der Waals surface area contributed by atoms with Crippen LogP contribution in [0.25, 0.3) is 0 Å². The smallest absolute Gasteiger partial charge is 0.241 e. The summed E-state index contributed by atoms with van der Waals surface area (Å²) in [7, 11) is 0. The number of rotatable bonds is 6. The molecule has 0 saturated heterocycles. The van der Waals surface area contributed by atoms with Crippen molar-refractivity contribution >= 4 is 23.2 Å². The van der Waals surface area contributed by atoms with E-state index < -0.39 is 0 Å². The van der Waals surface area contributed by atoms with Crippen molar-refractivity contribution in [2.45, 2.75) is 39.7 Å². The van der Waals surface area contributed by atoms with Crippen molar-refractivity contribution in [1.29, 1.82) is 0 Å². The Labute approximate surface area is 114 Å². The van der Waals surface area contributed by atoms with Gasteiger partial charge < -0.3 is 10.6 Å². The third-order valence-electron chi connectivity index (χ3n) is 2.84. The van der Waals surface area contributed by atoms with Crippen molar-refractivity contribution in [2.24, 2.45) is 0 Å². The van der Waals surface area contributed by atoms with Gasteiger partial charge in [0.1, 0.15) is 0 Å². The van der Waals surface area contributed by atoms with E-state index in [0.29, 0.717) is 10.7 Å². The predicted molar refractivity (Wildman–Crippen MR) is 77.2 cm³/mol. The van der Waals surface area contributed by atoms with E-state index in [0.717, 1.165) is 24.9 Å². The fraction of sp³-hybridized carbons (Fsp3) is 0.500. The summed E-state index contributed by atoms with van der Waals surface area (Å²) < 4.78 is 0. The zero-order chi connectivity index (χ0) is 13.5. The molecule has 3 nitrogen and oxygen atoms in total. The highest BCUT2D eigenvalue weighted by Gasteiger charge is 2.17. The van der Waals surface area contributed by atoms with Gasteiger partial charge in [-0.3, -0.25) is 4.79 Å². The molecule has 0 aliphatic rings. The van der Waals surface area contributed by atoms with Gasteiger partial charge >= 0.3 is 0 Å². The summed E-state index contributed by atoms with van der Waals surface area (Å²) in [5.41, 5.74) is 1.68. The lowest BCUT2D eigenvalue weighted by molar-refractivity contribution is -0.118. The third kappa shape index (κ3) is 4.00. The lowest BCUT2D eigenvalue weighted by Gasteiger charge is -2.18. The van der Waals surface area contributed by atoms with E-state index in [1.807, 2.05) is 26.0 Å². The van der Waals surface area contributed by atoms with Crippen molar-refractivity contribution in [2.75, 3.05) is 11.9 Å². The number of nitrogens with one attached hydrogen (secondary N) is 2. The van der Waals surface area contributed by atoms with Crippen LogP contribution >= 0.6 is 11.6 Å². The second-order valence-corrected chi connectivity index (χ2v) is 4.74. The maximum atomic E-state index is 12.1. The van der Waals surface area contributed by atoms with Crippen molar-refractivity contribution in [1.82, 2.24) is 5.32 Å². The molecule has 1 rings (SSSR count). The molecule has 2 N–H and O–H groups in total. The Morgan fingerprint density at radius 3 is 2.67 bits per heavy atom. The van der Waals surface area contributed by atoms with Crippen LogP contribution in [0.1, 0.15) is 32.3 Å². The molecule has 1 aromatic rings. The molecule has 1 amide bonds. The molecule has 0 aliphatic carbocycles. The molecule has 18 heavy (non-hydrogen) atoms. The maximum absolute atomic E-state index is 12.1. The number of benzene rings is 1. The van der Waals surface area contributed by atoms with Gasteiger partial charge in [0.2, 0.25) is 5.91 Å². The Bertz CT molecular complexity index is 387. The van der Waals surface area contributed by atoms with Gasteiger partial charge in [-0.15, -0.1) is 0 Å². The first-order chi connectivity index (χ1) is 8.60. The number of halogens is 1. The molecule has 0 fully saturated rings. The van der Waals surface area contributed by atoms with E-state index in [1.165, 1.54) is 0 Å². The molecule has 100 valence electrons. The second kappa shape index (κ2) is 7.39. The van der Waals surface area contributed by atoms with Gasteiger partial charge in [0.05, 0.1) is 16.8 Å². The molecule has 1 unspecified atom stereocenters. The van der Waals surface area contributed by atoms with Gasteiger partial charge in [-0.25, -0.2) is 0 Å². The van der Waals surface area contributed by atoms with Crippen molar-refractivity contribution in [3.8, 4) is 0 Å². The van der Waals surface area contributed by atoms with E-state index in [9.17, 15) is 4.79 Å². The summed E-state index contributed by atoms with van der Waals surface area (Å²) in [5, 5.41) is 6.71. The fourth-order valence-corrected chi connectivity index (χ4v) is 2.01. The Kier molecular flexibility index (Phi) is 6.16. The molecule has 0 spiro atoms. The monoisotopic (exact) mass is 268 g/mol. The largest absolute Gasteiger partial charge is 0.323 e. The van der Waals surface area contributed by atoms with Crippen LogP contribution in [0.15, 0.2) is 18.2 Å². The minimum absolute atomic E-state index is 0.0258. The minimum atomic E-state index is -0.166. The number of carbonyl (C=O) groups is 1. The normalized spacial score (nSPS) is 12.2. The zero-order valence-electron chi connectivity index (χ0n) is 11.2. The number of carbonyl (C=O) groups excluding carboxylic acids is 1. The average molecular weight is 269 g/mol. The first-order valence-electron chi connectivity index (χ1n) is 6.39. The molecule has 4 heteroatoms. The van der Waals surface area contributed by atoms with Gasteiger partial charge in [-0.1, -0.05) is 37.6 Å². The van der Waals surface area contributed by atoms with E-state index in [4.69, 9.17) is 11.6 Å². The molecule has 0 bridgehead atoms. The van der Waals surface area contributed by atoms with Crippen LogP contribution in [0.4, 0.5) is 5.69 Å². The molecule has 0 aromatic heterocycles. The van der Waals surface area contributed by atoms with Crippen LogP contribution < -0.4 is 10.6 Å². The molecule has 0 saturated carbocycles. The second-order valence-electron chi connectivity index (χ2n) is 4.34. The van der Waals surface area contributed by atoms with Gasteiger partial charge in [0.25, 0.3) is 0 Å². The maximum Gasteiger partial charge on any atom is 0.241 e.